The van der Waals surface area contributed by atoms with Crippen LogP contribution in [0.25, 0.3) is 0 Å². The molecule has 0 aromatic rings. The zero-order valence-corrected chi connectivity index (χ0v) is 19.9. The van der Waals surface area contributed by atoms with Gasteiger partial charge < -0.3 is 9.84 Å². The van der Waals surface area contributed by atoms with Gasteiger partial charge in [0.05, 0.1) is 6.10 Å². The van der Waals surface area contributed by atoms with E-state index in [4.69, 9.17) is 4.74 Å². The maximum atomic E-state index is 17.0. The second-order valence-electron chi connectivity index (χ2n) is 11.1. The standard InChI is InChI=1S/C26H35F3O4/c1-5-6-7-8-20(32)33-23-14(2)11-15-16-12-17(27)21-22(28)18(30)9-10-25(21,4)26(16,29)19(31)13-24(15,23)3/h9-10,14-17,19,23,31H,5-8,11-13H2,1-4H3/t14-,15-,16-,17-,19-,23+,24-,25-,26-/m0/s1. The molecule has 4 rings (SSSR count). The second-order valence-corrected chi connectivity index (χ2v) is 11.1. The lowest BCUT2D eigenvalue weighted by atomic mass is 9.45. The maximum absolute atomic E-state index is 17.0. The Kier molecular flexibility index (Phi) is 6.12. The summed E-state index contributed by atoms with van der Waals surface area (Å²) in [6.07, 6.45) is 1.55. The maximum Gasteiger partial charge on any atom is 0.306 e. The minimum atomic E-state index is -2.33. The summed E-state index contributed by atoms with van der Waals surface area (Å²) >= 11 is 0. The molecule has 0 heterocycles. The van der Waals surface area contributed by atoms with Crippen LogP contribution in [0.4, 0.5) is 13.2 Å². The van der Waals surface area contributed by atoms with E-state index < -0.39 is 58.0 Å². The molecule has 1 N–H and O–H groups in total. The third-order valence-corrected chi connectivity index (χ3v) is 9.18. The summed E-state index contributed by atoms with van der Waals surface area (Å²) in [6, 6.07) is 0. The Morgan fingerprint density at radius 1 is 1.24 bits per heavy atom. The summed E-state index contributed by atoms with van der Waals surface area (Å²) in [4.78, 5) is 24.4. The third kappa shape index (κ3) is 3.35. The SMILES string of the molecule is CCCCCC(=O)O[C@@H]1[C@@H](C)C[C@H]2[C@@H]3C[C@H](F)C4=C(F)C(=O)C=C[C@]4(C)[C@@]3(F)[C@@H](O)C[C@]12C. The number of unbranched alkanes of at least 4 members (excludes halogenated alkanes) is 2. The number of esters is 1. The fraction of sp³-hybridized carbons (Fsp3) is 0.769. The van der Waals surface area contributed by atoms with E-state index in [0.29, 0.717) is 12.8 Å². The highest BCUT2D eigenvalue weighted by Gasteiger charge is 2.73. The predicted molar refractivity (Wildman–Crippen MR) is 117 cm³/mol. The Morgan fingerprint density at radius 2 is 1.94 bits per heavy atom. The van der Waals surface area contributed by atoms with Crippen molar-refractivity contribution in [2.45, 2.75) is 96.7 Å². The van der Waals surface area contributed by atoms with Crippen LogP contribution < -0.4 is 0 Å². The van der Waals surface area contributed by atoms with Gasteiger partial charge in [-0.1, -0.05) is 39.7 Å². The summed E-state index contributed by atoms with van der Waals surface area (Å²) in [5.41, 5.74) is -5.29. The number of rotatable bonds is 5. The lowest BCUT2D eigenvalue weighted by Gasteiger charge is -2.62. The van der Waals surface area contributed by atoms with Crippen LogP contribution in [0.15, 0.2) is 23.6 Å². The number of aliphatic hydroxyl groups excluding tert-OH is 1. The van der Waals surface area contributed by atoms with E-state index in [0.717, 1.165) is 25.3 Å². The minimum Gasteiger partial charge on any atom is -0.461 e. The van der Waals surface area contributed by atoms with Crippen molar-refractivity contribution < 1.29 is 32.6 Å². The van der Waals surface area contributed by atoms with Gasteiger partial charge in [0.1, 0.15) is 12.3 Å². The summed E-state index contributed by atoms with van der Waals surface area (Å²) in [5, 5.41) is 11.2. The van der Waals surface area contributed by atoms with Crippen molar-refractivity contribution in [2.75, 3.05) is 0 Å². The molecule has 0 aliphatic heterocycles. The Labute approximate surface area is 193 Å². The number of hydrogen-bond acceptors (Lipinski definition) is 4. The highest BCUT2D eigenvalue weighted by molar-refractivity contribution is 6.04. The van der Waals surface area contributed by atoms with Crippen molar-refractivity contribution in [1.82, 2.24) is 0 Å². The van der Waals surface area contributed by atoms with E-state index in [9.17, 15) is 19.1 Å². The molecule has 184 valence electrons. The van der Waals surface area contributed by atoms with E-state index in [1.54, 1.807) is 0 Å². The molecule has 0 radical (unpaired) electrons. The molecule has 0 unspecified atom stereocenters. The first-order valence-electron chi connectivity index (χ1n) is 12.3. The first-order chi connectivity index (χ1) is 15.4. The van der Waals surface area contributed by atoms with Gasteiger partial charge in [0.15, 0.2) is 11.5 Å². The Balaban J connectivity index is 1.68. The first kappa shape index (κ1) is 24.5. The van der Waals surface area contributed by atoms with Crippen molar-refractivity contribution in [1.29, 1.82) is 0 Å². The fourth-order valence-corrected chi connectivity index (χ4v) is 7.59. The summed E-state index contributed by atoms with van der Waals surface area (Å²) in [5.74, 6) is -3.83. The highest BCUT2D eigenvalue weighted by Crippen LogP contribution is 2.69. The zero-order valence-electron chi connectivity index (χ0n) is 19.9. The van der Waals surface area contributed by atoms with Gasteiger partial charge in [-0.15, -0.1) is 0 Å². The molecule has 9 atom stereocenters. The van der Waals surface area contributed by atoms with Crippen molar-refractivity contribution in [2.24, 2.45) is 28.6 Å². The number of fused-ring (bicyclic) bond motifs is 5. The van der Waals surface area contributed by atoms with Gasteiger partial charge >= 0.3 is 5.97 Å². The normalized spacial score (nSPS) is 46.6. The van der Waals surface area contributed by atoms with Crippen LogP contribution >= 0.6 is 0 Å². The lowest BCUT2D eigenvalue weighted by Crippen LogP contribution is -2.68. The molecule has 3 fully saturated rings. The van der Waals surface area contributed by atoms with Crippen LogP contribution in [-0.4, -0.2) is 40.9 Å². The van der Waals surface area contributed by atoms with Crippen LogP contribution in [0.3, 0.4) is 0 Å². The van der Waals surface area contributed by atoms with Crippen molar-refractivity contribution >= 4 is 11.8 Å². The minimum absolute atomic E-state index is 0.0190. The van der Waals surface area contributed by atoms with Gasteiger partial charge in [0.2, 0.25) is 5.78 Å². The van der Waals surface area contributed by atoms with Crippen LogP contribution in [0.1, 0.15) is 72.6 Å². The van der Waals surface area contributed by atoms with Gasteiger partial charge in [-0.05, 0) is 50.5 Å². The lowest BCUT2D eigenvalue weighted by molar-refractivity contribution is -0.212. The van der Waals surface area contributed by atoms with Gasteiger partial charge in [-0.25, -0.2) is 13.2 Å². The molecule has 3 saturated carbocycles. The average Bonchev–Trinajstić information content (AvgIpc) is 2.98. The first-order valence-corrected chi connectivity index (χ1v) is 12.3. The summed E-state index contributed by atoms with van der Waals surface area (Å²) < 4.78 is 53.1. The molecule has 4 nitrogen and oxygen atoms in total. The number of ether oxygens (including phenoxy) is 1. The molecule has 0 spiro atoms. The van der Waals surface area contributed by atoms with Crippen LogP contribution in [0, 0.1) is 28.6 Å². The Hall–Kier alpha value is -1.63. The average molecular weight is 469 g/mol. The number of hydrogen-bond donors (Lipinski definition) is 1. The van der Waals surface area contributed by atoms with Crippen molar-refractivity contribution in [3.05, 3.63) is 23.6 Å². The topological polar surface area (TPSA) is 63.6 Å². The molecule has 4 aliphatic carbocycles. The number of carbonyl (C=O) groups excluding carboxylic acids is 2. The number of carbonyl (C=O) groups is 2. The molecule has 4 aliphatic rings. The molecule has 0 aromatic heterocycles. The van der Waals surface area contributed by atoms with Gasteiger partial charge in [-0.2, -0.15) is 0 Å². The molecular formula is C26H35F3O4. The van der Waals surface area contributed by atoms with E-state index in [1.165, 1.54) is 13.0 Å². The van der Waals surface area contributed by atoms with Gasteiger partial charge in [0, 0.05) is 28.7 Å². The van der Waals surface area contributed by atoms with Crippen molar-refractivity contribution in [3.8, 4) is 0 Å². The zero-order chi connectivity index (χ0) is 24.3. The van der Waals surface area contributed by atoms with E-state index in [-0.39, 0.29) is 30.6 Å². The number of alkyl halides is 2. The molecule has 0 saturated heterocycles. The number of allylic oxidation sites excluding steroid dienone is 4. The van der Waals surface area contributed by atoms with Crippen LogP contribution in [0.5, 0.6) is 0 Å². The molecule has 0 aromatic carbocycles. The van der Waals surface area contributed by atoms with Gasteiger partial charge in [0.25, 0.3) is 0 Å². The largest absolute Gasteiger partial charge is 0.461 e. The molecule has 33 heavy (non-hydrogen) atoms. The Bertz CT molecular complexity index is 900. The van der Waals surface area contributed by atoms with Crippen LogP contribution in [0.2, 0.25) is 0 Å². The van der Waals surface area contributed by atoms with Crippen molar-refractivity contribution in [3.63, 3.8) is 0 Å². The monoisotopic (exact) mass is 468 g/mol. The number of ketones is 1. The fourth-order valence-electron chi connectivity index (χ4n) is 7.59. The predicted octanol–water partition coefficient (Wildman–Crippen LogP) is 5.34. The third-order valence-electron chi connectivity index (χ3n) is 9.18. The molecule has 7 heteroatoms. The summed E-state index contributed by atoms with van der Waals surface area (Å²) in [6.45, 7) is 7.28. The quantitative estimate of drug-likeness (QED) is 0.437. The second kappa shape index (κ2) is 8.24. The molecule has 0 bridgehead atoms. The molecule has 0 amide bonds. The Morgan fingerprint density at radius 3 is 2.61 bits per heavy atom. The number of halogens is 3. The van der Waals surface area contributed by atoms with Gasteiger partial charge in [-0.3, -0.25) is 9.59 Å². The number of aliphatic hydroxyl groups is 1. The highest BCUT2D eigenvalue weighted by atomic mass is 19.2. The van der Waals surface area contributed by atoms with E-state index in [1.807, 2.05) is 13.8 Å². The summed E-state index contributed by atoms with van der Waals surface area (Å²) in [7, 11) is 0. The van der Waals surface area contributed by atoms with E-state index in [2.05, 4.69) is 6.92 Å². The molecular weight excluding hydrogens is 433 g/mol. The van der Waals surface area contributed by atoms with Crippen LogP contribution in [-0.2, 0) is 14.3 Å². The van der Waals surface area contributed by atoms with E-state index >= 15 is 8.78 Å². The smallest absolute Gasteiger partial charge is 0.306 e.